The second-order valence-electron chi connectivity index (χ2n) is 6.72. The van der Waals surface area contributed by atoms with Crippen molar-refractivity contribution in [2.24, 2.45) is 11.8 Å². The predicted octanol–water partition coefficient (Wildman–Crippen LogP) is 0.684. The highest BCUT2D eigenvalue weighted by Crippen LogP contribution is 2.47. The van der Waals surface area contributed by atoms with Gasteiger partial charge in [0.1, 0.15) is 0 Å². The molecule has 1 heterocycles. The molecule has 1 aliphatic carbocycles. The summed E-state index contributed by atoms with van der Waals surface area (Å²) in [5, 5.41) is 31.0. The Labute approximate surface area is 126 Å². The Hall–Kier alpha value is -0.910. The van der Waals surface area contributed by atoms with Crippen LogP contribution in [0.4, 0.5) is 0 Å². The topological polar surface area (TPSA) is 81.0 Å². The molecule has 21 heavy (non-hydrogen) atoms. The van der Waals surface area contributed by atoms with Gasteiger partial charge in [0.05, 0.1) is 23.2 Å². The van der Waals surface area contributed by atoms with Gasteiger partial charge in [-0.3, -0.25) is 4.79 Å². The fourth-order valence-electron chi connectivity index (χ4n) is 3.95. The zero-order valence-electron chi connectivity index (χ0n) is 13.1. The van der Waals surface area contributed by atoms with E-state index < -0.39 is 23.2 Å². The van der Waals surface area contributed by atoms with E-state index in [1.165, 1.54) is 4.90 Å². The van der Waals surface area contributed by atoms with Gasteiger partial charge < -0.3 is 20.2 Å². The van der Waals surface area contributed by atoms with Gasteiger partial charge >= 0.3 is 0 Å². The van der Waals surface area contributed by atoms with Crippen LogP contribution in [0, 0.1) is 11.8 Å². The summed E-state index contributed by atoms with van der Waals surface area (Å²) in [7, 11) is 1.63. The van der Waals surface area contributed by atoms with Crippen molar-refractivity contribution in [3.8, 4) is 0 Å². The number of hydrogen-bond acceptors (Lipinski definition) is 4. The van der Waals surface area contributed by atoms with Crippen molar-refractivity contribution in [3.63, 3.8) is 0 Å². The molecule has 0 radical (unpaired) electrons. The summed E-state index contributed by atoms with van der Waals surface area (Å²) in [6, 6.07) is 0. The Bertz CT molecular complexity index is 434. The molecule has 1 amide bonds. The van der Waals surface area contributed by atoms with Crippen molar-refractivity contribution < 1.29 is 20.1 Å². The Morgan fingerprint density at radius 3 is 2.67 bits per heavy atom. The van der Waals surface area contributed by atoms with Crippen molar-refractivity contribution in [1.29, 1.82) is 0 Å². The molecule has 0 aromatic rings. The average molecular weight is 297 g/mol. The third-order valence-electron chi connectivity index (χ3n) is 5.72. The minimum atomic E-state index is -1.38. The van der Waals surface area contributed by atoms with E-state index in [0.29, 0.717) is 0 Å². The quantitative estimate of drug-likeness (QED) is 0.667. The number of nitrogens with zero attached hydrogens (tertiary/aromatic N) is 1. The molecule has 5 heteroatoms. The van der Waals surface area contributed by atoms with Crippen molar-refractivity contribution in [3.05, 3.63) is 12.2 Å². The first-order valence-corrected chi connectivity index (χ1v) is 7.74. The maximum Gasteiger partial charge on any atom is 0.229 e. The van der Waals surface area contributed by atoms with E-state index in [-0.39, 0.29) is 24.9 Å². The molecule has 2 rings (SSSR count). The second kappa shape index (κ2) is 5.71. The molecule has 1 fully saturated rings. The lowest BCUT2D eigenvalue weighted by Crippen LogP contribution is -2.64. The zero-order chi connectivity index (χ0) is 15.8. The summed E-state index contributed by atoms with van der Waals surface area (Å²) in [4.78, 5) is 13.9. The van der Waals surface area contributed by atoms with Crippen LogP contribution >= 0.6 is 0 Å². The Kier molecular flexibility index (Phi) is 4.47. The first kappa shape index (κ1) is 16.5. The third kappa shape index (κ3) is 2.31. The number of carbonyl (C=O) groups excluding carboxylic acids is 1. The van der Waals surface area contributed by atoms with E-state index >= 15 is 0 Å². The van der Waals surface area contributed by atoms with E-state index in [0.717, 1.165) is 19.3 Å². The normalized spacial score (nSPS) is 41.6. The maximum absolute atomic E-state index is 12.4. The van der Waals surface area contributed by atoms with E-state index in [1.54, 1.807) is 20.9 Å². The highest BCUT2D eigenvalue weighted by molar-refractivity contribution is 5.84. The molecule has 120 valence electrons. The summed E-state index contributed by atoms with van der Waals surface area (Å²) in [6.45, 7) is 3.19. The fraction of sp³-hybridized carbons (Fsp3) is 0.812. The molecular formula is C16H27NO4. The molecule has 0 aromatic heterocycles. The Morgan fingerprint density at radius 1 is 1.48 bits per heavy atom. The van der Waals surface area contributed by atoms with Crippen LogP contribution < -0.4 is 0 Å². The van der Waals surface area contributed by atoms with Crippen LogP contribution in [-0.2, 0) is 4.79 Å². The zero-order valence-corrected chi connectivity index (χ0v) is 13.1. The lowest BCUT2D eigenvalue weighted by molar-refractivity contribution is -0.138. The summed E-state index contributed by atoms with van der Waals surface area (Å²) in [5.41, 5.74) is -2.44. The van der Waals surface area contributed by atoms with Crippen molar-refractivity contribution >= 4 is 5.91 Å². The molecule has 5 atom stereocenters. The first-order valence-electron chi connectivity index (χ1n) is 7.74. The fourth-order valence-corrected chi connectivity index (χ4v) is 3.95. The van der Waals surface area contributed by atoms with Gasteiger partial charge in [0, 0.05) is 19.6 Å². The van der Waals surface area contributed by atoms with Gasteiger partial charge in [-0.05, 0) is 39.5 Å². The largest absolute Gasteiger partial charge is 0.396 e. The van der Waals surface area contributed by atoms with Gasteiger partial charge in [-0.15, -0.1) is 0 Å². The number of likely N-dealkylation sites (tertiary alicyclic amines) is 1. The number of aliphatic hydroxyl groups excluding tert-OH is 2. The summed E-state index contributed by atoms with van der Waals surface area (Å²) in [5.74, 6) is -0.950. The van der Waals surface area contributed by atoms with Crippen LogP contribution in [0.1, 0.15) is 39.5 Å². The summed E-state index contributed by atoms with van der Waals surface area (Å²) < 4.78 is 0. The molecular weight excluding hydrogens is 270 g/mol. The average Bonchev–Trinajstić information content (AvgIpc) is 2.61. The van der Waals surface area contributed by atoms with E-state index in [2.05, 4.69) is 6.08 Å². The van der Waals surface area contributed by atoms with E-state index in [1.807, 2.05) is 6.08 Å². The molecule has 0 aromatic carbocycles. The molecule has 0 saturated carbocycles. The predicted molar refractivity (Wildman–Crippen MR) is 79.5 cm³/mol. The van der Waals surface area contributed by atoms with Crippen molar-refractivity contribution in [2.45, 2.75) is 56.8 Å². The lowest BCUT2D eigenvalue weighted by atomic mass is 9.69. The van der Waals surface area contributed by atoms with Gasteiger partial charge in [0.2, 0.25) is 5.91 Å². The number of aliphatic hydroxyl groups is 3. The van der Waals surface area contributed by atoms with Crippen LogP contribution in [0.15, 0.2) is 12.2 Å². The Balaban J connectivity index is 2.36. The van der Waals surface area contributed by atoms with Gasteiger partial charge in [-0.2, -0.15) is 0 Å². The number of carbonyl (C=O) groups is 1. The SMILES string of the molecule is CN1C(=O)[C@H](CCO)[C@](C)(O)[C@@]1(C)[C@H](O)[C@@H]1C=CCCC1. The molecule has 5 nitrogen and oxygen atoms in total. The van der Waals surface area contributed by atoms with Crippen LogP contribution in [0.5, 0.6) is 0 Å². The van der Waals surface area contributed by atoms with E-state index in [9.17, 15) is 15.0 Å². The Morgan fingerprint density at radius 2 is 2.14 bits per heavy atom. The highest BCUT2D eigenvalue weighted by atomic mass is 16.3. The molecule has 1 saturated heterocycles. The lowest BCUT2D eigenvalue weighted by Gasteiger charge is -2.47. The smallest absolute Gasteiger partial charge is 0.229 e. The molecule has 0 spiro atoms. The number of allylic oxidation sites excluding steroid dienone is 1. The van der Waals surface area contributed by atoms with Crippen LogP contribution in [0.3, 0.4) is 0 Å². The van der Waals surface area contributed by atoms with E-state index in [4.69, 9.17) is 5.11 Å². The number of likely N-dealkylation sites (N-methyl/N-ethyl adjacent to an activating group) is 1. The van der Waals surface area contributed by atoms with Crippen LogP contribution in [0.25, 0.3) is 0 Å². The minimum absolute atomic E-state index is 0.0571. The molecule has 2 aliphatic rings. The summed E-state index contributed by atoms with van der Waals surface area (Å²) in [6.07, 6.45) is 6.30. The molecule has 0 unspecified atom stereocenters. The number of hydrogen-bond donors (Lipinski definition) is 3. The molecule has 0 bridgehead atoms. The first-order chi connectivity index (χ1) is 9.78. The standard InChI is InChI=1S/C16H27NO4/c1-15(13(19)11-7-5-4-6-8-11)16(2,21)12(9-10-18)14(20)17(15)3/h5,7,11-13,18-19,21H,4,6,8-10H2,1-3H3/t11-,12+,13-,15-,16+/m1/s1. The van der Waals surface area contributed by atoms with Crippen LogP contribution in [-0.4, -0.2) is 57.0 Å². The van der Waals surface area contributed by atoms with Crippen molar-refractivity contribution in [1.82, 2.24) is 4.90 Å². The highest BCUT2D eigenvalue weighted by Gasteiger charge is 2.65. The maximum atomic E-state index is 12.4. The van der Waals surface area contributed by atoms with Crippen LogP contribution in [0.2, 0.25) is 0 Å². The number of rotatable bonds is 4. The van der Waals surface area contributed by atoms with Gasteiger partial charge in [0.15, 0.2) is 0 Å². The minimum Gasteiger partial charge on any atom is -0.396 e. The second-order valence-corrected chi connectivity index (χ2v) is 6.72. The monoisotopic (exact) mass is 297 g/mol. The number of amides is 1. The summed E-state index contributed by atoms with van der Waals surface area (Å²) >= 11 is 0. The molecule has 3 N–H and O–H groups in total. The molecule has 1 aliphatic heterocycles. The van der Waals surface area contributed by atoms with Gasteiger partial charge in [-0.25, -0.2) is 0 Å². The van der Waals surface area contributed by atoms with Crippen molar-refractivity contribution in [2.75, 3.05) is 13.7 Å². The van der Waals surface area contributed by atoms with Gasteiger partial charge in [-0.1, -0.05) is 12.2 Å². The van der Waals surface area contributed by atoms with Gasteiger partial charge in [0.25, 0.3) is 0 Å². The third-order valence-corrected chi connectivity index (χ3v) is 5.72.